The summed E-state index contributed by atoms with van der Waals surface area (Å²) in [5, 5.41) is 8.59. The van der Waals surface area contributed by atoms with E-state index in [-0.39, 0.29) is 0 Å². The van der Waals surface area contributed by atoms with Crippen LogP contribution in [0, 0.1) is 23.0 Å². The molecule has 0 fully saturated rings. The standard InChI is InChI=1S/C10H7F2NO3/c1-15-9-6(4-13)7(11)3-5(8(9)12)10(14)16-2/h3H,1-2H3. The summed E-state index contributed by atoms with van der Waals surface area (Å²) in [5.41, 5.74) is -1.21. The Morgan fingerprint density at radius 2 is 2.06 bits per heavy atom. The van der Waals surface area contributed by atoms with Crippen molar-refractivity contribution in [2.24, 2.45) is 0 Å². The van der Waals surface area contributed by atoms with Crippen LogP contribution in [0.2, 0.25) is 0 Å². The highest BCUT2D eigenvalue weighted by atomic mass is 19.1. The van der Waals surface area contributed by atoms with Gasteiger partial charge in [-0.15, -0.1) is 0 Å². The predicted molar refractivity (Wildman–Crippen MR) is 49.0 cm³/mol. The maximum atomic E-state index is 13.6. The minimum atomic E-state index is -1.12. The molecule has 0 amide bonds. The van der Waals surface area contributed by atoms with Crippen LogP contribution in [-0.2, 0) is 4.74 Å². The lowest BCUT2D eigenvalue weighted by Gasteiger charge is -2.08. The predicted octanol–water partition coefficient (Wildman–Crippen LogP) is 1.63. The fourth-order valence-electron chi connectivity index (χ4n) is 1.16. The first-order valence-electron chi connectivity index (χ1n) is 4.11. The Balaban J connectivity index is 3.53. The molecule has 0 radical (unpaired) electrons. The summed E-state index contributed by atoms with van der Waals surface area (Å²) in [7, 11) is 2.10. The number of ether oxygens (including phenoxy) is 2. The van der Waals surface area contributed by atoms with Crippen LogP contribution >= 0.6 is 0 Å². The van der Waals surface area contributed by atoms with Gasteiger partial charge in [-0.2, -0.15) is 5.26 Å². The molecule has 1 aromatic carbocycles. The molecule has 0 N–H and O–H groups in total. The van der Waals surface area contributed by atoms with E-state index in [0.29, 0.717) is 6.07 Å². The quantitative estimate of drug-likeness (QED) is 0.720. The molecule has 0 saturated heterocycles. The Hall–Kier alpha value is -2.16. The lowest BCUT2D eigenvalue weighted by molar-refractivity contribution is 0.0594. The number of carbonyl (C=O) groups is 1. The molecule has 0 bridgehead atoms. The summed E-state index contributed by atoms with van der Waals surface area (Å²) in [6.07, 6.45) is 0. The molecule has 1 aromatic rings. The summed E-state index contributed by atoms with van der Waals surface area (Å²) >= 11 is 0. The number of rotatable bonds is 2. The lowest BCUT2D eigenvalue weighted by atomic mass is 10.1. The average molecular weight is 227 g/mol. The van der Waals surface area contributed by atoms with Crippen LogP contribution in [0.25, 0.3) is 0 Å². The van der Waals surface area contributed by atoms with Crippen molar-refractivity contribution in [3.8, 4) is 11.8 Å². The van der Waals surface area contributed by atoms with Crippen LogP contribution in [-0.4, -0.2) is 20.2 Å². The number of nitriles is 1. The highest BCUT2D eigenvalue weighted by Gasteiger charge is 2.23. The van der Waals surface area contributed by atoms with Crippen molar-refractivity contribution >= 4 is 5.97 Å². The van der Waals surface area contributed by atoms with Crippen LogP contribution in [0.4, 0.5) is 8.78 Å². The van der Waals surface area contributed by atoms with Crippen molar-refractivity contribution in [3.63, 3.8) is 0 Å². The van der Waals surface area contributed by atoms with Crippen molar-refractivity contribution in [3.05, 3.63) is 28.8 Å². The summed E-state index contributed by atoms with van der Waals surface area (Å²) in [6, 6.07) is 2.05. The van der Waals surface area contributed by atoms with Crippen molar-refractivity contribution in [2.75, 3.05) is 14.2 Å². The normalized spacial score (nSPS) is 9.44. The van der Waals surface area contributed by atoms with Gasteiger partial charge in [-0.05, 0) is 6.07 Å². The van der Waals surface area contributed by atoms with E-state index in [1.807, 2.05) is 0 Å². The number of methoxy groups -OCH3 is 2. The third-order valence-corrected chi connectivity index (χ3v) is 1.89. The number of hydrogen-bond acceptors (Lipinski definition) is 4. The number of halogens is 2. The van der Waals surface area contributed by atoms with Gasteiger partial charge in [0.1, 0.15) is 23.0 Å². The molecule has 0 aliphatic heterocycles. The molecule has 0 aliphatic carbocycles. The highest BCUT2D eigenvalue weighted by molar-refractivity contribution is 5.90. The van der Waals surface area contributed by atoms with Crippen LogP contribution < -0.4 is 4.74 Å². The van der Waals surface area contributed by atoms with Gasteiger partial charge in [0.2, 0.25) is 0 Å². The molecule has 0 heterocycles. The second kappa shape index (κ2) is 4.57. The van der Waals surface area contributed by atoms with E-state index < -0.39 is 34.5 Å². The van der Waals surface area contributed by atoms with E-state index in [1.165, 1.54) is 6.07 Å². The summed E-state index contributed by atoms with van der Waals surface area (Å²) in [5.74, 6) is -3.81. The molecule has 0 spiro atoms. The van der Waals surface area contributed by atoms with Crippen LogP contribution in [0.5, 0.6) is 5.75 Å². The van der Waals surface area contributed by atoms with Crippen molar-refractivity contribution in [1.29, 1.82) is 5.26 Å². The third-order valence-electron chi connectivity index (χ3n) is 1.89. The van der Waals surface area contributed by atoms with Gasteiger partial charge < -0.3 is 9.47 Å². The van der Waals surface area contributed by atoms with Gasteiger partial charge in [0.05, 0.1) is 14.2 Å². The van der Waals surface area contributed by atoms with Gasteiger partial charge in [-0.25, -0.2) is 13.6 Å². The Kier molecular flexibility index (Phi) is 3.40. The van der Waals surface area contributed by atoms with Gasteiger partial charge in [0, 0.05) is 0 Å². The van der Waals surface area contributed by atoms with Gasteiger partial charge >= 0.3 is 5.97 Å². The molecule has 1 rings (SSSR count). The fraction of sp³-hybridized carbons (Fsp3) is 0.200. The Morgan fingerprint density at radius 1 is 1.44 bits per heavy atom. The minimum absolute atomic E-state index is 0.590. The first kappa shape index (κ1) is 11.9. The van der Waals surface area contributed by atoms with Gasteiger partial charge in [0.25, 0.3) is 0 Å². The van der Waals surface area contributed by atoms with Gasteiger partial charge in [-0.3, -0.25) is 0 Å². The zero-order valence-electron chi connectivity index (χ0n) is 8.51. The lowest BCUT2D eigenvalue weighted by Crippen LogP contribution is -2.08. The number of esters is 1. The molecule has 6 heteroatoms. The molecular formula is C10H7F2NO3. The zero-order valence-corrected chi connectivity index (χ0v) is 8.51. The maximum Gasteiger partial charge on any atom is 0.341 e. The molecule has 0 aliphatic rings. The molecular weight excluding hydrogens is 220 g/mol. The first-order chi connectivity index (χ1) is 7.56. The second-order valence-electron chi connectivity index (χ2n) is 2.73. The minimum Gasteiger partial charge on any atom is -0.492 e. The Labute approximate surface area is 90.0 Å². The van der Waals surface area contributed by atoms with E-state index in [4.69, 9.17) is 5.26 Å². The third kappa shape index (κ3) is 1.80. The van der Waals surface area contributed by atoms with Crippen LogP contribution in [0.3, 0.4) is 0 Å². The SMILES string of the molecule is COC(=O)c1cc(F)c(C#N)c(OC)c1F. The van der Waals surface area contributed by atoms with Crippen LogP contribution in [0.15, 0.2) is 6.07 Å². The molecule has 0 aromatic heterocycles. The molecule has 16 heavy (non-hydrogen) atoms. The molecule has 0 unspecified atom stereocenters. The van der Waals surface area contributed by atoms with Crippen molar-refractivity contribution < 1.29 is 23.0 Å². The monoisotopic (exact) mass is 227 g/mol. The smallest absolute Gasteiger partial charge is 0.341 e. The van der Waals surface area contributed by atoms with E-state index in [1.54, 1.807) is 0 Å². The number of hydrogen-bond donors (Lipinski definition) is 0. The van der Waals surface area contributed by atoms with E-state index in [2.05, 4.69) is 9.47 Å². The summed E-state index contributed by atoms with van der Waals surface area (Å²) < 4.78 is 35.7. The summed E-state index contributed by atoms with van der Waals surface area (Å²) in [4.78, 5) is 11.1. The molecule has 84 valence electrons. The van der Waals surface area contributed by atoms with Crippen LogP contribution in [0.1, 0.15) is 15.9 Å². The van der Waals surface area contributed by atoms with Gasteiger partial charge in [-0.1, -0.05) is 0 Å². The second-order valence-corrected chi connectivity index (χ2v) is 2.73. The van der Waals surface area contributed by atoms with E-state index >= 15 is 0 Å². The average Bonchev–Trinajstić information content (AvgIpc) is 2.29. The first-order valence-corrected chi connectivity index (χ1v) is 4.11. The number of nitrogens with zero attached hydrogens (tertiary/aromatic N) is 1. The van der Waals surface area contributed by atoms with E-state index in [0.717, 1.165) is 14.2 Å². The number of carbonyl (C=O) groups excluding carboxylic acids is 1. The molecule has 0 atom stereocenters. The van der Waals surface area contributed by atoms with Gasteiger partial charge in [0.15, 0.2) is 11.6 Å². The fourth-order valence-corrected chi connectivity index (χ4v) is 1.16. The van der Waals surface area contributed by atoms with Crippen molar-refractivity contribution in [2.45, 2.75) is 0 Å². The zero-order chi connectivity index (χ0) is 12.3. The Morgan fingerprint density at radius 3 is 2.50 bits per heavy atom. The summed E-state index contributed by atoms with van der Waals surface area (Å²) in [6.45, 7) is 0. The maximum absolute atomic E-state index is 13.6. The molecule has 0 saturated carbocycles. The highest BCUT2D eigenvalue weighted by Crippen LogP contribution is 2.28. The number of benzene rings is 1. The van der Waals surface area contributed by atoms with Crippen molar-refractivity contribution in [1.82, 2.24) is 0 Å². The Bertz CT molecular complexity index is 480. The molecule has 4 nitrogen and oxygen atoms in total. The largest absolute Gasteiger partial charge is 0.492 e. The topological polar surface area (TPSA) is 59.3 Å². The van der Waals surface area contributed by atoms with E-state index in [9.17, 15) is 13.6 Å².